The fourth-order valence-corrected chi connectivity index (χ4v) is 2.94. The van der Waals surface area contributed by atoms with Gasteiger partial charge in [0.1, 0.15) is 5.82 Å². The lowest BCUT2D eigenvalue weighted by Crippen LogP contribution is -2.34. The summed E-state index contributed by atoms with van der Waals surface area (Å²) in [7, 11) is 0. The number of anilines is 1. The molecule has 0 atom stereocenters. The summed E-state index contributed by atoms with van der Waals surface area (Å²) in [6, 6.07) is 13.4. The molecule has 2 aromatic carbocycles. The van der Waals surface area contributed by atoms with Gasteiger partial charge in [-0.2, -0.15) is 0 Å². The molecule has 1 aliphatic carbocycles. The number of benzene rings is 2. The molecule has 0 aliphatic heterocycles. The van der Waals surface area contributed by atoms with E-state index in [0.717, 1.165) is 29.1 Å². The Morgan fingerprint density at radius 1 is 1.15 bits per heavy atom. The van der Waals surface area contributed by atoms with Gasteiger partial charge in [-0.15, -0.1) is 0 Å². The van der Waals surface area contributed by atoms with E-state index >= 15 is 0 Å². The molecule has 0 radical (unpaired) electrons. The van der Waals surface area contributed by atoms with E-state index in [4.69, 9.17) is 11.6 Å². The zero-order valence-electron chi connectivity index (χ0n) is 11.4. The van der Waals surface area contributed by atoms with Crippen LogP contribution in [0, 0.1) is 12.7 Å². The Morgan fingerprint density at radius 2 is 1.90 bits per heavy atom. The van der Waals surface area contributed by atoms with Gasteiger partial charge in [0.2, 0.25) is 0 Å². The van der Waals surface area contributed by atoms with Crippen molar-refractivity contribution in [1.82, 2.24) is 0 Å². The van der Waals surface area contributed by atoms with Gasteiger partial charge in [0, 0.05) is 6.04 Å². The predicted molar refractivity (Wildman–Crippen MR) is 82.0 cm³/mol. The van der Waals surface area contributed by atoms with Crippen LogP contribution in [0.25, 0.3) is 0 Å². The summed E-state index contributed by atoms with van der Waals surface area (Å²) in [4.78, 5) is 0. The van der Waals surface area contributed by atoms with E-state index in [1.54, 1.807) is 6.07 Å². The molecule has 0 saturated heterocycles. The highest BCUT2D eigenvalue weighted by Gasteiger charge is 2.32. The molecule has 0 unspecified atom stereocenters. The summed E-state index contributed by atoms with van der Waals surface area (Å²) in [5.41, 5.74) is 2.99. The van der Waals surface area contributed by atoms with Crippen molar-refractivity contribution < 1.29 is 4.39 Å². The third-order valence-corrected chi connectivity index (χ3v) is 4.29. The van der Waals surface area contributed by atoms with E-state index in [9.17, 15) is 4.39 Å². The first-order chi connectivity index (χ1) is 9.63. The summed E-state index contributed by atoms with van der Waals surface area (Å²) in [5.74, 6) is 0.224. The average Bonchev–Trinajstić information content (AvgIpc) is 2.38. The maximum absolute atomic E-state index is 13.7. The Balaban J connectivity index is 1.64. The quantitative estimate of drug-likeness (QED) is 0.824. The van der Waals surface area contributed by atoms with Gasteiger partial charge >= 0.3 is 0 Å². The van der Waals surface area contributed by atoms with Crippen LogP contribution in [0.3, 0.4) is 0 Å². The fourth-order valence-electron chi connectivity index (χ4n) is 2.77. The number of hydrogen-bond donors (Lipinski definition) is 1. The van der Waals surface area contributed by atoms with Gasteiger partial charge < -0.3 is 5.32 Å². The maximum atomic E-state index is 13.7. The standard InChI is InChI=1S/C17H17ClFN/c1-11-6-7-15(18)17(8-11)20-13-9-12(10-13)14-4-2-3-5-16(14)19/h2-8,12-13,20H,9-10H2,1H3. The smallest absolute Gasteiger partial charge is 0.126 e. The van der Waals surface area contributed by atoms with E-state index in [-0.39, 0.29) is 5.82 Å². The van der Waals surface area contributed by atoms with Crippen molar-refractivity contribution in [3.8, 4) is 0 Å². The van der Waals surface area contributed by atoms with Crippen molar-refractivity contribution in [3.05, 3.63) is 64.4 Å². The molecule has 20 heavy (non-hydrogen) atoms. The lowest BCUT2D eigenvalue weighted by atomic mass is 9.75. The number of aryl methyl sites for hydroxylation is 1. The summed E-state index contributed by atoms with van der Waals surface area (Å²) < 4.78 is 13.7. The monoisotopic (exact) mass is 289 g/mol. The Kier molecular flexibility index (Phi) is 3.66. The van der Waals surface area contributed by atoms with Gasteiger partial charge in [0.15, 0.2) is 0 Å². The number of hydrogen-bond acceptors (Lipinski definition) is 1. The van der Waals surface area contributed by atoms with Crippen LogP contribution in [0.4, 0.5) is 10.1 Å². The van der Waals surface area contributed by atoms with Crippen LogP contribution >= 0.6 is 11.6 Å². The molecular formula is C17H17ClFN. The average molecular weight is 290 g/mol. The number of halogens is 2. The normalized spacial score (nSPS) is 21.4. The predicted octanol–water partition coefficient (Wildman–Crippen LogP) is 5.15. The number of nitrogens with one attached hydrogen (secondary N) is 1. The van der Waals surface area contributed by atoms with Crippen molar-refractivity contribution in [3.63, 3.8) is 0 Å². The largest absolute Gasteiger partial charge is 0.381 e. The van der Waals surface area contributed by atoms with Crippen LogP contribution in [0.2, 0.25) is 5.02 Å². The SMILES string of the molecule is Cc1ccc(Cl)c(NC2CC(c3ccccc3F)C2)c1. The molecule has 1 nitrogen and oxygen atoms in total. The molecule has 3 rings (SSSR count). The second-order valence-corrected chi connectivity index (χ2v) is 5.92. The van der Waals surface area contributed by atoms with Gasteiger partial charge in [-0.1, -0.05) is 35.9 Å². The molecule has 0 amide bonds. The lowest BCUT2D eigenvalue weighted by Gasteiger charge is -2.37. The van der Waals surface area contributed by atoms with E-state index in [2.05, 4.69) is 11.4 Å². The second kappa shape index (κ2) is 5.45. The van der Waals surface area contributed by atoms with Gasteiger partial charge in [-0.3, -0.25) is 0 Å². The highest BCUT2D eigenvalue weighted by atomic mass is 35.5. The van der Waals surface area contributed by atoms with Crippen LogP contribution in [-0.4, -0.2) is 6.04 Å². The molecule has 2 aromatic rings. The third kappa shape index (κ3) is 2.66. The molecule has 1 aliphatic rings. The van der Waals surface area contributed by atoms with Gasteiger partial charge in [-0.25, -0.2) is 4.39 Å². The van der Waals surface area contributed by atoms with E-state index in [1.165, 1.54) is 11.6 Å². The fraction of sp³-hybridized carbons (Fsp3) is 0.294. The minimum atomic E-state index is -0.0930. The van der Waals surface area contributed by atoms with E-state index in [1.807, 2.05) is 31.2 Å². The lowest BCUT2D eigenvalue weighted by molar-refractivity contribution is 0.363. The van der Waals surface area contributed by atoms with Crippen molar-refractivity contribution in [1.29, 1.82) is 0 Å². The van der Waals surface area contributed by atoms with E-state index in [0.29, 0.717) is 12.0 Å². The van der Waals surface area contributed by atoms with Crippen LogP contribution in [0.15, 0.2) is 42.5 Å². The molecule has 0 aromatic heterocycles. The van der Waals surface area contributed by atoms with E-state index < -0.39 is 0 Å². The molecule has 1 fully saturated rings. The van der Waals surface area contributed by atoms with Crippen LogP contribution < -0.4 is 5.32 Å². The first-order valence-corrected chi connectivity index (χ1v) is 7.28. The highest BCUT2D eigenvalue weighted by Crippen LogP contribution is 2.40. The van der Waals surface area contributed by atoms with Crippen LogP contribution in [0.5, 0.6) is 0 Å². The van der Waals surface area contributed by atoms with Crippen molar-refractivity contribution in [2.75, 3.05) is 5.32 Å². The zero-order valence-corrected chi connectivity index (χ0v) is 12.1. The zero-order chi connectivity index (χ0) is 14.1. The highest BCUT2D eigenvalue weighted by molar-refractivity contribution is 6.33. The molecule has 1 N–H and O–H groups in total. The van der Waals surface area contributed by atoms with Crippen molar-refractivity contribution in [2.45, 2.75) is 31.7 Å². The Morgan fingerprint density at radius 3 is 2.65 bits per heavy atom. The molecular weight excluding hydrogens is 273 g/mol. The molecule has 0 bridgehead atoms. The first-order valence-electron chi connectivity index (χ1n) is 6.90. The minimum Gasteiger partial charge on any atom is -0.381 e. The topological polar surface area (TPSA) is 12.0 Å². The van der Waals surface area contributed by atoms with Gasteiger partial charge in [0.05, 0.1) is 10.7 Å². The van der Waals surface area contributed by atoms with Gasteiger partial charge in [0.25, 0.3) is 0 Å². The molecule has 0 spiro atoms. The molecule has 0 heterocycles. The Bertz CT molecular complexity index is 620. The molecule has 1 saturated carbocycles. The maximum Gasteiger partial charge on any atom is 0.126 e. The third-order valence-electron chi connectivity index (χ3n) is 3.96. The summed E-state index contributed by atoms with van der Waals surface area (Å²) in [6.07, 6.45) is 1.90. The van der Waals surface area contributed by atoms with Gasteiger partial charge in [-0.05, 0) is 55.0 Å². The van der Waals surface area contributed by atoms with Crippen LogP contribution in [-0.2, 0) is 0 Å². The summed E-state index contributed by atoms with van der Waals surface area (Å²) >= 11 is 6.18. The summed E-state index contributed by atoms with van der Waals surface area (Å²) in [5, 5.41) is 4.19. The van der Waals surface area contributed by atoms with Crippen LogP contribution in [0.1, 0.15) is 29.9 Å². The minimum absolute atomic E-state index is 0.0930. The number of rotatable bonds is 3. The first kappa shape index (κ1) is 13.4. The van der Waals surface area contributed by atoms with Crippen molar-refractivity contribution in [2.24, 2.45) is 0 Å². The molecule has 104 valence electrons. The van der Waals surface area contributed by atoms with Crippen molar-refractivity contribution >= 4 is 17.3 Å². The summed E-state index contributed by atoms with van der Waals surface area (Å²) in [6.45, 7) is 2.05. The Hall–Kier alpha value is -1.54. The Labute approximate surface area is 123 Å². The second-order valence-electron chi connectivity index (χ2n) is 5.51. The molecule has 3 heteroatoms.